The van der Waals surface area contributed by atoms with Crippen molar-refractivity contribution in [1.29, 1.82) is 5.26 Å². The predicted molar refractivity (Wildman–Crippen MR) is 84.3 cm³/mol. The first-order valence-electron chi connectivity index (χ1n) is 7.44. The van der Waals surface area contributed by atoms with Gasteiger partial charge in [0.15, 0.2) is 0 Å². The molecule has 106 valence electrons. The van der Waals surface area contributed by atoms with E-state index in [0.717, 1.165) is 31.7 Å². The molecule has 2 heterocycles. The van der Waals surface area contributed by atoms with Gasteiger partial charge in [0.05, 0.1) is 5.56 Å². The van der Waals surface area contributed by atoms with Gasteiger partial charge >= 0.3 is 0 Å². The molecule has 0 radical (unpaired) electrons. The molecule has 0 bridgehead atoms. The Morgan fingerprint density at radius 2 is 1.90 bits per heavy atom. The zero-order chi connectivity index (χ0) is 14.7. The Balaban J connectivity index is 1.67. The highest BCUT2D eigenvalue weighted by Gasteiger charge is 2.22. The molecule has 0 unspecified atom stereocenters. The van der Waals surface area contributed by atoms with Crippen LogP contribution in [0.15, 0.2) is 42.6 Å². The summed E-state index contributed by atoms with van der Waals surface area (Å²) >= 11 is 0. The van der Waals surface area contributed by atoms with Crippen molar-refractivity contribution in [3.63, 3.8) is 0 Å². The SMILES string of the molecule is Cc1ccccc1C1CCN(c2ccc(C#N)cn2)CC1. The largest absolute Gasteiger partial charge is 0.357 e. The third kappa shape index (κ3) is 2.90. The lowest BCUT2D eigenvalue weighted by Crippen LogP contribution is -2.33. The van der Waals surface area contributed by atoms with Crippen molar-refractivity contribution in [2.24, 2.45) is 0 Å². The average Bonchev–Trinajstić information content (AvgIpc) is 2.56. The fourth-order valence-corrected chi connectivity index (χ4v) is 3.10. The Kier molecular flexibility index (Phi) is 3.87. The molecule has 1 aliphatic heterocycles. The first-order valence-corrected chi connectivity index (χ1v) is 7.44. The number of hydrogen-bond donors (Lipinski definition) is 0. The number of pyridine rings is 1. The number of benzene rings is 1. The average molecular weight is 277 g/mol. The van der Waals surface area contributed by atoms with E-state index < -0.39 is 0 Å². The van der Waals surface area contributed by atoms with E-state index in [1.807, 2.05) is 12.1 Å². The Morgan fingerprint density at radius 1 is 1.14 bits per heavy atom. The van der Waals surface area contributed by atoms with Crippen LogP contribution >= 0.6 is 0 Å². The molecule has 3 heteroatoms. The van der Waals surface area contributed by atoms with Crippen molar-refractivity contribution in [2.75, 3.05) is 18.0 Å². The summed E-state index contributed by atoms with van der Waals surface area (Å²) in [5, 5.41) is 8.82. The summed E-state index contributed by atoms with van der Waals surface area (Å²) in [7, 11) is 0. The third-order valence-electron chi connectivity index (χ3n) is 4.32. The van der Waals surface area contributed by atoms with E-state index in [2.05, 4.69) is 47.1 Å². The van der Waals surface area contributed by atoms with Gasteiger partial charge in [-0.2, -0.15) is 5.26 Å². The summed E-state index contributed by atoms with van der Waals surface area (Å²) in [5.74, 6) is 1.64. The molecular weight excluding hydrogens is 258 g/mol. The van der Waals surface area contributed by atoms with Gasteiger partial charge in [0.1, 0.15) is 11.9 Å². The lowest BCUT2D eigenvalue weighted by molar-refractivity contribution is 0.501. The molecule has 0 saturated carbocycles. The van der Waals surface area contributed by atoms with Gasteiger partial charge in [-0.3, -0.25) is 0 Å². The van der Waals surface area contributed by atoms with E-state index in [1.54, 1.807) is 6.20 Å². The van der Waals surface area contributed by atoms with Crippen LogP contribution in [0.25, 0.3) is 0 Å². The Morgan fingerprint density at radius 3 is 2.52 bits per heavy atom. The van der Waals surface area contributed by atoms with E-state index >= 15 is 0 Å². The van der Waals surface area contributed by atoms with Crippen molar-refractivity contribution in [3.8, 4) is 6.07 Å². The van der Waals surface area contributed by atoms with Crippen LogP contribution in [0.5, 0.6) is 0 Å². The Hall–Kier alpha value is -2.34. The number of anilines is 1. The maximum absolute atomic E-state index is 8.82. The van der Waals surface area contributed by atoms with Crippen molar-refractivity contribution in [2.45, 2.75) is 25.7 Å². The van der Waals surface area contributed by atoms with E-state index in [1.165, 1.54) is 11.1 Å². The van der Waals surface area contributed by atoms with Crippen LogP contribution in [0, 0.1) is 18.3 Å². The molecule has 0 spiro atoms. The first kappa shape index (κ1) is 13.6. The maximum Gasteiger partial charge on any atom is 0.128 e. The van der Waals surface area contributed by atoms with E-state index in [0.29, 0.717) is 11.5 Å². The molecule has 0 atom stereocenters. The summed E-state index contributed by atoms with van der Waals surface area (Å²) in [6.07, 6.45) is 3.97. The van der Waals surface area contributed by atoms with Gasteiger partial charge in [-0.15, -0.1) is 0 Å². The molecule has 21 heavy (non-hydrogen) atoms. The van der Waals surface area contributed by atoms with Crippen LogP contribution in [-0.2, 0) is 0 Å². The number of aryl methyl sites for hydroxylation is 1. The highest BCUT2D eigenvalue weighted by atomic mass is 15.2. The number of aromatic nitrogens is 1. The summed E-state index contributed by atoms with van der Waals surface area (Å²) in [6.45, 7) is 4.25. The molecule has 1 aliphatic rings. The van der Waals surface area contributed by atoms with Crippen molar-refractivity contribution in [3.05, 3.63) is 59.3 Å². The highest BCUT2D eigenvalue weighted by molar-refractivity contribution is 5.43. The van der Waals surface area contributed by atoms with Crippen molar-refractivity contribution < 1.29 is 0 Å². The molecule has 0 aliphatic carbocycles. The lowest BCUT2D eigenvalue weighted by Gasteiger charge is -2.33. The molecule has 1 aromatic heterocycles. The summed E-state index contributed by atoms with van der Waals surface area (Å²) in [6, 6.07) is 14.6. The molecular formula is C18H19N3. The number of piperidine rings is 1. The summed E-state index contributed by atoms with van der Waals surface area (Å²) in [5.41, 5.74) is 3.51. The minimum atomic E-state index is 0.619. The second-order valence-electron chi connectivity index (χ2n) is 5.63. The monoisotopic (exact) mass is 277 g/mol. The van der Waals surface area contributed by atoms with Gasteiger partial charge in [-0.05, 0) is 48.9 Å². The van der Waals surface area contributed by atoms with E-state index in [4.69, 9.17) is 5.26 Å². The van der Waals surface area contributed by atoms with E-state index in [9.17, 15) is 0 Å². The second kappa shape index (κ2) is 5.97. The van der Waals surface area contributed by atoms with Gasteiger partial charge in [0.25, 0.3) is 0 Å². The minimum Gasteiger partial charge on any atom is -0.357 e. The second-order valence-corrected chi connectivity index (χ2v) is 5.63. The Labute approximate surface area is 125 Å². The molecule has 3 nitrogen and oxygen atoms in total. The molecule has 0 amide bonds. The molecule has 1 fully saturated rings. The number of rotatable bonds is 2. The lowest BCUT2D eigenvalue weighted by atomic mass is 9.87. The fourth-order valence-electron chi connectivity index (χ4n) is 3.10. The van der Waals surface area contributed by atoms with Crippen LogP contribution in [0.4, 0.5) is 5.82 Å². The van der Waals surface area contributed by atoms with Crippen molar-refractivity contribution in [1.82, 2.24) is 4.98 Å². The normalized spacial score (nSPS) is 15.7. The molecule has 1 aromatic carbocycles. The van der Waals surface area contributed by atoms with Crippen LogP contribution in [0.1, 0.15) is 35.4 Å². The van der Waals surface area contributed by atoms with Gasteiger partial charge in [-0.1, -0.05) is 24.3 Å². The minimum absolute atomic E-state index is 0.619. The smallest absolute Gasteiger partial charge is 0.128 e. The van der Waals surface area contributed by atoms with Gasteiger partial charge in [-0.25, -0.2) is 4.98 Å². The topological polar surface area (TPSA) is 39.9 Å². The Bertz CT molecular complexity index is 647. The molecule has 1 saturated heterocycles. The maximum atomic E-state index is 8.82. The number of nitriles is 1. The number of nitrogens with zero attached hydrogens (tertiary/aromatic N) is 3. The standard InChI is InChI=1S/C18H19N3/c1-14-4-2-3-5-17(14)16-8-10-21(11-9-16)18-7-6-15(12-19)13-20-18/h2-7,13,16H,8-11H2,1H3. The molecule has 3 rings (SSSR count). The zero-order valence-electron chi connectivity index (χ0n) is 12.3. The first-order chi connectivity index (χ1) is 10.3. The third-order valence-corrected chi connectivity index (χ3v) is 4.32. The quantitative estimate of drug-likeness (QED) is 0.841. The fraction of sp³-hybridized carbons (Fsp3) is 0.333. The number of hydrogen-bond acceptors (Lipinski definition) is 3. The zero-order valence-corrected chi connectivity index (χ0v) is 12.3. The highest BCUT2D eigenvalue weighted by Crippen LogP contribution is 2.31. The van der Waals surface area contributed by atoms with Crippen LogP contribution in [-0.4, -0.2) is 18.1 Å². The van der Waals surface area contributed by atoms with E-state index in [-0.39, 0.29) is 0 Å². The predicted octanol–water partition coefficient (Wildman–Crippen LogP) is 3.65. The van der Waals surface area contributed by atoms with Crippen LogP contribution in [0.3, 0.4) is 0 Å². The van der Waals surface area contributed by atoms with Crippen LogP contribution < -0.4 is 4.90 Å². The van der Waals surface area contributed by atoms with Gasteiger partial charge in [0.2, 0.25) is 0 Å². The molecule has 2 aromatic rings. The van der Waals surface area contributed by atoms with Gasteiger partial charge < -0.3 is 4.90 Å². The summed E-state index contributed by atoms with van der Waals surface area (Å²) in [4.78, 5) is 6.71. The summed E-state index contributed by atoms with van der Waals surface area (Å²) < 4.78 is 0. The van der Waals surface area contributed by atoms with Crippen LogP contribution in [0.2, 0.25) is 0 Å². The van der Waals surface area contributed by atoms with Gasteiger partial charge in [0, 0.05) is 19.3 Å². The molecule has 0 N–H and O–H groups in total. The van der Waals surface area contributed by atoms with Crippen molar-refractivity contribution >= 4 is 5.82 Å².